The molecule has 0 saturated heterocycles. The van der Waals surface area contributed by atoms with Gasteiger partial charge in [-0.2, -0.15) is 9.40 Å². The van der Waals surface area contributed by atoms with Gasteiger partial charge in [-0.05, 0) is 0 Å². The van der Waals surface area contributed by atoms with Gasteiger partial charge in [-0.15, -0.1) is 0 Å². The average Bonchev–Trinajstić information content (AvgIpc) is 2.91. The molecule has 0 amide bonds. The van der Waals surface area contributed by atoms with Crippen molar-refractivity contribution >= 4 is 22.0 Å². The van der Waals surface area contributed by atoms with E-state index in [2.05, 4.69) is 9.84 Å². The molecular formula is C11H17N3O6S. The van der Waals surface area contributed by atoms with Crippen LogP contribution in [0.25, 0.3) is 0 Å². The Morgan fingerprint density at radius 1 is 1.48 bits per heavy atom. The Morgan fingerprint density at radius 2 is 2.14 bits per heavy atom. The summed E-state index contributed by atoms with van der Waals surface area (Å²) < 4.78 is 31.3. The molecule has 0 fully saturated rings. The largest absolute Gasteiger partial charge is 0.481 e. The summed E-state index contributed by atoms with van der Waals surface area (Å²) in [6.45, 7) is 1.36. The van der Waals surface area contributed by atoms with E-state index in [-0.39, 0.29) is 24.4 Å². The van der Waals surface area contributed by atoms with Crippen LogP contribution in [0.2, 0.25) is 0 Å². The van der Waals surface area contributed by atoms with E-state index < -0.39 is 28.5 Å². The second-order valence-electron chi connectivity index (χ2n) is 4.09. The van der Waals surface area contributed by atoms with E-state index in [9.17, 15) is 18.0 Å². The SMILES string of the molecule is CCN(CC(=O)OC)S(=O)(=O)c1cnn(CCC(=O)O)c1. The summed E-state index contributed by atoms with van der Waals surface area (Å²) >= 11 is 0. The number of carbonyl (C=O) groups is 2. The van der Waals surface area contributed by atoms with Crippen LogP contribution in [-0.4, -0.2) is 59.7 Å². The number of methoxy groups -OCH3 is 1. The Bertz CT molecular complexity index is 609. The summed E-state index contributed by atoms with van der Waals surface area (Å²) in [7, 11) is -2.70. The predicted octanol–water partition coefficient (Wildman–Crippen LogP) is -0.459. The lowest BCUT2D eigenvalue weighted by molar-refractivity contribution is -0.141. The highest BCUT2D eigenvalue weighted by Gasteiger charge is 2.27. The molecule has 0 aromatic carbocycles. The van der Waals surface area contributed by atoms with Crippen molar-refractivity contribution in [1.82, 2.24) is 14.1 Å². The lowest BCUT2D eigenvalue weighted by Gasteiger charge is -2.17. The Morgan fingerprint density at radius 3 is 2.67 bits per heavy atom. The smallest absolute Gasteiger partial charge is 0.321 e. The van der Waals surface area contributed by atoms with E-state index in [0.29, 0.717) is 0 Å². The number of rotatable bonds is 8. The first-order valence-electron chi connectivity index (χ1n) is 6.12. The minimum atomic E-state index is -3.87. The zero-order valence-corrected chi connectivity index (χ0v) is 12.5. The summed E-state index contributed by atoms with van der Waals surface area (Å²) in [4.78, 5) is 21.6. The fourth-order valence-corrected chi connectivity index (χ4v) is 2.88. The van der Waals surface area contributed by atoms with Crippen LogP contribution in [0.5, 0.6) is 0 Å². The fraction of sp³-hybridized carbons (Fsp3) is 0.545. The molecule has 0 atom stereocenters. The molecule has 118 valence electrons. The van der Waals surface area contributed by atoms with E-state index in [1.165, 1.54) is 18.0 Å². The van der Waals surface area contributed by atoms with Gasteiger partial charge in [0.15, 0.2) is 0 Å². The van der Waals surface area contributed by atoms with Crippen LogP contribution < -0.4 is 0 Å². The van der Waals surface area contributed by atoms with E-state index in [4.69, 9.17) is 5.11 Å². The second kappa shape index (κ2) is 7.18. The van der Waals surface area contributed by atoms with Crippen LogP contribution >= 0.6 is 0 Å². The van der Waals surface area contributed by atoms with Crippen molar-refractivity contribution in [3.05, 3.63) is 12.4 Å². The third-order valence-corrected chi connectivity index (χ3v) is 4.56. The number of aliphatic carboxylic acids is 1. The lowest BCUT2D eigenvalue weighted by Crippen LogP contribution is -2.35. The number of nitrogens with zero attached hydrogens (tertiary/aromatic N) is 3. The number of esters is 1. The van der Waals surface area contributed by atoms with Gasteiger partial charge in [-0.3, -0.25) is 14.3 Å². The number of likely N-dealkylation sites (N-methyl/N-ethyl adjacent to an activating group) is 1. The van der Waals surface area contributed by atoms with Crippen molar-refractivity contribution < 1.29 is 27.9 Å². The zero-order valence-electron chi connectivity index (χ0n) is 11.7. The summed E-state index contributed by atoms with van der Waals surface area (Å²) in [5.74, 6) is -1.67. The molecule has 0 aliphatic carbocycles. The molecule has 1 aromatic rings. The Hall–Kier alpha value is -1.94. The highest BCUT2D eigenvalue weighted by atomic mass is 32.2. The molecule has 0 radical (unpaired) electrons. The van der Waals surface area contributed by atoms with Gasteiger partial charge < -0.3 is 9.84 Å². The molecule has 0 saturated carbocycles. The maximum absolute atomic E-state index is 12.3. The number of aryl methyl sites for hydroxylation is 1. The maximum atomic E-state index is 12.3. The Balaban J connectivity index is 2.90. The van der Waals surface area contributed by atoms with Gasteiger partial charge in [0.05, 0.1) is 26.3 Å². The van der Waals surface area contributed by atoms with Gasteiger partial charge in [0.1, 0.15) is 11.4 Å². The first-order chi connectivity index (χ1) is 9.81. The number of carboxylic acids is 1. The van der Waals surface area contributed by atoms with Crippen LogP contribution in [0.4, 0.5) is 0 Å². The zero-order chi connectivity index (χ0) is 16.0. The van der Waals surface area contributed by atoms with E-state index in [1.807, 2.05) is 0 Å². The average molecular weight is 319 g/mol. The number of hydrogen-bond donors (Lipinski definition) is 1. The predicted molar refractivity (Wildman–Crippen MR) is 70.9 cm³/mol. The van der Waals surface area contributed by atoms with Gasteiger partial charge in [0.25, 0.3) is 0 Å². The molecule has 1 aromatic heterocycles. The molecule has 0 bridgehead atoms. The van der Waals surface area contributed by atoms with Gasteiger partial charge in [0, 0.05) is 12.7 Å². The van der Waals surface area contributed by atoms with Crippen LogP contribution in [-0.2, 0) is 30.9 Å². The van der Waals surface area contributed by atoms with Gasteiger partial charge in [0.2, 0.25) is 10.0 Å². The molecule has 0 aliphatic rings. The van der Waals surface area contributed by atoms with Gasteiger partial charge >= 0.3 is 11.9 Å². The molecule has 0 aliphatic heterocycles. The molecule has 1 rings (SSSR count). The fourth-order valence-electron chi connectivity index (χ4n) is 1.53. The summed E-state index contributed by atoms with van der Waals surface area (Å²) in [5, 5.41) is 12.4. The van der Waals surface area contributed by atoms with Crippen molar-refractivity contribution in [3.8, 4) is 0 Å². The number of carboxylic acid groups (broad SMARTS) is 1. The lowest BCUT2D eigenvalue weighted by atomic mass is 10.4. The first kappa shape index (κ1) is 17.1. The first-order valence-corrected chi connectivity index (χ1v) is 7.56. The third kappa shape index (κ3) is 4.53. The molecular weight excluding hydrogens is 302 g/mol. The highest BCUT2D eigenvalue weighted by molar-refractivity contribution is 7.89. The molecule has 9 nitrogen and oxygen atoms in total. The second-order valence-corrected chi connectivity index (χ2v) is 6.03. The normalized spacial score (nSPS) is 11.6. The van der Waals surface area contributed by atoms with Crippen molar-refractivity contribution in [3.63, 3.8) is 0 Å². The quantitative estimate of drug-likeness (QED) is 0.644. The molecule has 1 heterocycles. The van der Waals surface area contributed by atoms with Gasteiger partial charge in [-0.25, -0.2) is 8.42 Å². The minimum Gasteiger partial charge on any atom is -0.481 e. The number of sulfonamides is 1. The maximum Gasteiger partial charge on any atom is 0.321 e. The van der Waals surface area contributed by atoms with Crippen molar-refractivity contribution in [2.24, 2.45) is 0 Å². The monoisotopic (exact) mass is 319 g/mol. The van der Waals surface area contributed by atoms with Crippen molar-refractivity contribution in [1.29, 1.82) is 0 Å². The van der Waals surface area contributed by atoms with Crippen LogP contribution in [0.1, 0.15) is 13.3 Å². The van der Waals surface area contributed by atoms with Crippen molar-refractivity contribution in [2.45, 2.75) is 24.8 Å². The van der Waals surface area contributed by atoms with Crippen LogP contribution in [0.3, 0.4) is 0 Å². The topological polar surface area (TPSA) is 119 Å². The molecule has 0 unspecified atom stereocenters. The van der Waals surface area contributed by atoms with E-state index >= 15 is 0 Å². The van der Waals surface area contributed by atoms with Crippen LogP contribution in [0.15, 0.2) is 17.3 Å². The van der Waals surface area contributed by atoms with Gasteiger partial charge in [-0.1, -0.05) is 6.92 Å². The van der Waals surface area contributed by atoms with E-state index in [0.717, 1.165) is 10.5 Å². The van der Waals surface area contributed by atoms with E-state index in [1.54, 1.807) is 6.92 Å². The number of aromatic nitrogens is 2. The molecule has 21 heavy (non-hydrogen) atoms. The Labute approximate surface area is 122 Å². The minimum absolute atomic E-state index is 0.0635. The third-order valence-electron chi connectivity index (χ3n) is 2.69. The number of ether oxygens (including phenoxy) is 1. The summed E-state index contributed by atoms with van der Waals surface area (Å²) in [6.07, 6.45) is 2.19. The van der Waals surface area contributed by atoms with Crippen molar-refractivity contribution in [2.75, 3.05) is 20.2 Å². The number of hydrogen-bond acceptors (Lipinski definition) is 6. The summed E-state index contributed by atoms with van der Waals surface area (Å²) in [6, 6.07) is 0. The Kier molecular flexibility index (Phi) is 5.85. The summed E-state index contributed by atoms with van der Waals surface area (Å²) in [5.41, 5.74) is 0. The molecule has 0 spiro atoms. The number of carbonyl (C=O) groups excluding carboxylic acids is 1. The highest BCUT2D eigenvalue weighted by Crippen LogP contribution is 2.14. The van der Waals surface area contributed by atoms with Crippen LogP contribution in [0, 0.1) is 0 Å². The molecule has 1 N–H and O–H groups in total. The standard InChI is InChI=1S/C11H17N3O6S/c1-3-14(8-11(17)20-2)21(18,19)9-6-12-13(7-9)5-4-10(15)16/h6-7H,3-5,8H2,1-2H3,(H,15,16). The molecule has 10 heteroatoms.